The van der Waals surface area contributed by atoms with E-state index in [1.807, 2.05) is 6.07 Å². The second-order valence-corrected chi connectivity index (χ2v) is 3.15. The Kier molecular flexibility index (Phi) is 3.81. The van der Waals surface area contributed by atoms with Crippen LogP contribution in [-0.4, -0.2) is 11.1 Å². The van der Waals surface area contributed by atoms with Crippen molar-refractivity contribution >= 4 is 5.97 Å². The molecule has 0 amide bonds. The molecular weight excluding hydrogens is 197 g/mol. The highest BCUT2D eigenvalue weighted by atomic mass is 19.1. The molecule has 78 valence electrons. The molecule has 0 spiro atoms. The lowest BCUT2D eigenvalue weighted by atomic mass is 10.0. The third kappa shape index (κ3) is 3.39. The van der Waals surface area contributed by atoms with Gasteiger partial charge in [-0.25, -0.2) is 4.39 Å². The van der Waals surface area contributed by atoms with Crippen LogP contribution in [0, 0.1) is 17.1 Å². The highest BCUT2D eigenvalue weighted by Gasteiger charge is 2.04. The van der Waals surface area contributed by atoms with Crippen LogP contribution in [0.1, 0.15) is 17.5 Å². The van der Waals surface area contributed by atoms with E-state index in [1.165, 1.54) is 6.07 Å². The van der Waals surface area contributed by atoms with Crippen molar-refractivity contribution in [2.45, 2.75) is 19.3 Å². The first-order valence-corrected chi connectivity index (χ1v) is 4.49. The number of carbonyl (C=O) groups is 1. The summed E-state index contributed by atoms with van der Waals surface area (Å²) in [5.41, 5.74) is 1.06. The number of aryl methyl sites for hydroxylation is 1. The molecule has 0 aliphatic heterocycles. The van der Waals surface area contributed by atoms with E-state index in [4.69, 9.17) is 10.4 Å². The van der Waals surface area contributed by atoms with Crippen molar-refractivity contribution in [2.75, 3.05) is 0 Å². The summed E-state index contributed by atoms with van der Waals surface area (Å²) in [6.45, 7) is 0. The van der Waals surface area contributed by atoms with Gasteiger partial charge >= 0.3 is 5.97 Å². The molecule has 0 saturated carbocycles. The maximum Gasteiger partial charge on any atom is 0.303 e. The van der Waals surface area contributed by atoms with Gasteiger partial charge in [0.05, 0.1) is 12.5 Å². The Labute approximate surface area is 86.8 Å². The van der Waals surface area contributed by atoms with Gasteiger partial charge in [0.15, 0.2) is 0 Å². The third-order valence-corrected chi connectivity index (χ3v) is 2.01. The summed E-state index contributed by atoms with van der Waals surface area (Å²) in [5, 5.41) is 16.9. The standard InChI is InChI=1S/C11H10FNO2/c12-10-3-1-8(2-4-11(14)15)7-9(10)5-6-13/h1,3,7H,2,4-5H2,(H,14,15). The van der Waals surface area contributed by atoms with Crippen LogP contribution < -0.4 is 0 Å². The summed E-state index contributed by atoms with van der Waals surface area (Å²) in [7, 11) is 0. The molecule has 0 aliphatic carbocycles. The van der Waals surface area contributed by atoms with E-state index < -0.39 is 11.8 Å². The van der Waals surface area contributed by atoms with Gasteiger partial charge in [-0.15, -0.1) is 0 Å². The van der Waals surface area contributed by atoms with Crippen LogP contribution in [0.25, 0.3) is 0 Å². The smallest absolute Gasteiger partial charge is 0.303 e. The second-order valence-electron chi connectivity index (χ2n) is 3.15. The van der Waals surface area contributed by atoms with Crippen LogP contribution in [-0.2, 0) is 17.6 Å². The molecule has 0 bridgehead atoms. The number of carboxylic acid groups (broad SMARTS) is 1. The normalized spacial score (nSPS) is 9.60. The number of hydrogen-bond donors (Lipinski definition) is 1. The Morgan fingerprint density at radius 2 is 2.27 bits per heavy atom. The average molecular weight is 207 g/mol. The molecule has 0 unspecified atom stereocenters. The molecule has 1 aromatic rings. The Balaban J connectivity index is 2.79. The molecule has 1 aromatic carbocycles. The number of nitrogens with zero attached hydrogens (tertiary/aromatic N) is 1. The molecule has 1 N–H and O–H groups in total. The van der Waals surface area contributed by atoms with Gasteiger partial charge in [0, 0.05) is 12.0 Å². The Morgan fingerprint density at radius 3 is 2.87 bits per heavy atom. The summed E-state index contributed by atoms with van der Waals surface area (Å²) in [6, 6.07) is 6.21. The van der Waals surface area contributed by atoms with Crippen molar-refractivity contribution in [3.05, 3.63) is 35.1 Å². The first-order chi connectivity index (χ1) is 7.13. The van der Waals surface area contributed by atoms with Gasteiger partial charge in [0.1, 0.15) is 5.82 Å². The van der Waals surface area contributed by atoms with E-state index in [-0.39, 0.29) is 12.8 Å². The van der Waals surface area contributed by atoms with Crippen molar-refractivity contribution in [2.24, 2.45) is 0 Å². The SMILES string of the molecule is N#CCc1cc(CCC(=O)O)ccc1F. The summed E-state index contributed by atoms with van der Waals surface area (Å²) < 4.78 is 13.1. The molecule has 0 fully saturated rings. The van der Waals surface area contributed by atoms with Crippen LogP contribution in [0.5, 0.6) is 0 Å². The number of halogens is 1. The van der Waals surface area contributed by atoms with Crippen molar-refractivity contribution in [1.82, 2.24) is 0 Å². The van der Waals surface area contributed by atoms with Gasteiger partial charge in [-0.1, -0.05) is 12.1 Å². The van der Waals surface area contributed by atoms with Gasteiger partial charge < -0.3 is 5.11 Å². The van der Waals surface area contributed by atoms with Crippen LogP contribution in [0.4, 0.5) is 4.39 Å². The maximum atomic E-state index is 13.1. The number of benzene rings is 1. The predicted molar refractivity (Wildman–Crippen MR) is 51.7 cm³/mol. The molecule has 1 rings (SSSR count). The molecule has 0 atom stereocenters. The van der Waals surface area contributed by atoms with Gasteiger partial charge in [0.25, 0.3) is 0 Å². The van der Waals surface area contributed by atoms with Crippen molar-refractivity contribution in [3.8, 4) is 6.07 Å². The number of hydrogen-bond acceptors (Lipinski definition) is 2. The maximum absolute atomic E-state index is 13.1. The number of nitriles is 1. The zero-order chi connectivity index (χ0) is 11.3. The fourth-order valence-electron chi connectivity index (χ4n) is 1.26. The van der Waals surface area contributed by atoms with Crippen LogP contribution in [0.15, 0.2) is 18.2 Å². The Bertz CT molecular complexity index is 410. The average Bonchev–Trinajstić information content (AvgIpc) is 2.19. The zero-order valence-electron chi connectivity index (χ0n) is 8.03. The van der Waals surface area contributed by atoms with Crippen molar-refractivity contribution < 1.29 is 14.3 Å². The van der Waals surface area contributed by atoms with Crippen LogP contribution >= 0.6 is 0 Å². The number of rotatable bonds is 4. The third-order valence-electron chi connectivity index (χ3n) is 2.01. The molecular formula is C11H10FNO2. The molecule has 0 heterocycles. The minimum atomic E-state index is -0.888. The summed E-state index contributed by atoms with van der Waals surface area (Å²) in [4.78, 5) is 10.3. The van der Waals surface area contributed by atoms with E-state index in [2.05, 4.69) is 0 Å². The lowest BCUT2D eigenvalue weighted by Crippen LogP contribution is -1.99. The van der Waals surface area contributed by atoms with E-state index in [1.54, 1.807) is 12.1 Å². The molecule has 0 aromatic heterocycles. The minimum absolute atomic E-state index is 0.00669. The lowest BCUT2D eigenvalue weighted by molar-refractivity contribution is -0.136. The number of aliphatic carboxylic acids is 1. The first-order valence-electron chi connectivity index (χ1n) is 4.49. The Morgan fingerprint density at radius 1 is 1.53 bits per heavy atom. The zero-order valence-corrected chi connectivity index (χ0v) is 8.03. The monoisotopic (exact) mass is 207 g/mol. The molecule has 0 saturated heterocycles. The highest BCUT2D eigenvalue weighted by Crippen LogP contribution is 2.12. The Hall–Kier alpha value is -1.89. The first kappa shape index (κ1) is 11.2. The molecule has 0 aliphatic rings. The van der Waals surface area contributed by atoms with Crippen molar-refractivity contribution in [1.29, 1.82) is 5.26 Å². The van der Waals surface area contributed by atoms with Crippen LogP contribution in [0.2, 0.25) is 0 Å². The molecule has 0 radical (unpaired) electrons. The van der Waals surface area contributed by atoms with E-state index in [9.17, 15) is 9.18 Å². The quantitative estimate of drug-likeness (QED) is 0.820. The molecule has 4 heteroatoms. The van der Waals surface area contributed by atoms with Gasteiger partial charge in [-0.2, -0.15) is 5.26 Å². The largest absolute Gasteiger partial charge is 0.481 e. The summed E-state index contributed by atoms with van der Waals surface area (Å²) in [6.07, 6.45) is 0.373. The van der Waals surface area contributed by atoms with Crippen molar-refractivity contribution in [3.63, 3.8) is 0 Å². The predicted octanol–water partition coefficient (Wildman–Crippen LogP) is 1.91. The van der Waals surface area contributed by atoms with E-state index in [0.29, 0.717) is 12.0 Å². The highest BCUT2D eigenvalue weighted by molar-refractivity contribution is 5.67. The lowest BCUT2D eigenvalue weighted by Gasteiger charge is -2.02. The van der Waals surface area contributed by atoms with Gasteiger partial charge in [-0.3, -0.25) is 4.79 Å². The molecule has 3 nitrogen and oxygen atoms in total. The van der Waals surface area contributed by atoms with Gasteiger partial charge in [0.2, 0.25) is 0 Å². The fraction of sp³-hybridized carbons (Fsp3) is 0.273. The van der Waals surface area contributed by atoms with Crippen LogP contribution in [0.3, 0.4) is 0 Å². The summed E-state index contributed by atoms with van der Waals surface area (Å²) in [5.74, 6) is -1.31. The fourth-order valence-corrected chi connectivity index (χ4v) is 1.26. The molecule has 15 heavy (non-hydrogen) atoms. The topological polar surface area (TPSA) is 61.1 Å². The number of carboxylic acids is 1. The minimum Gasteiger partial charge on any atom is -0.481 e. The second kappa shape index (κ2) is 5.11. The van der Waals surface area contributed by atoms with E-state index in [0.717, 1.165) is 5.56 Å². The van der Waals surface area contributed by atoms with Gasteiger partial charge in [-0.05, 0) is 18.1 Å². The summed E-state index contributed by atoms with van der Waals surface area (Å²) >= 11 is 0. The van der Waals surface area contributed by atoms with E-state index >= 15 is 0 Å².